The van der Waals surface area contributed by atoms with Gasteiger partial charge in [0, 0.05) is 5.92 Å². The molecule has 0 bridgehead atoms. The van der Waals surface area contributed by atoms with E-state index >= 15 is 0 Å². The van der Waals surface area contributed by atoms with E-state index in [0.29, 0.717) is 17.0 Å². The molecule has 1 amide bonds. The molecule has 6 heteroatoms. The van der Waals surface area contributed by atoms with Gasteiger partial charge in [-0.15, -0.1) is 0 Å². The second kappa shape index (κ2) is 8.49. The summed E-state index contributed by atoms with van der Waals surface area (Å²) in [6.45, 7) is 3.95. The van der Waals surface area contributed by atoms with Gasteiger partial charge in [-0.25, -0.2) is 4.68 Å². The highest BCUT2D eigenvalue weighted by Crippen LogP contribution is 2.31. The van der Waals surface area contributed by atoms with Crippen molar-refractivity contribution in [1.29, 1.82) is 0 Å². The van der Waals surface area contributed by atoms with Crippen molar-refractivity contribution < 1.29 is 9.53 Å². The Morgan fingerprint density at radius 2 is 1.97 bits per heavy atom. The van der Waals surface area contributed by atoms with Gasteiger partial charge in [-0.05, 0) is 62.7 Å². The molecule has 0 atom stereocenters. The van der Waals surface area contributed by atoms with Crippen LogP contribution in [-0.4, -0.2) is 35.9 Å². The van der Waals surface area contributed by atoms with E-state index in [2.05, 4.69) is 34.8 Å². The Hall–Kier alpha value is -3.12. The van der Waals surface area contributed by atoms with Gasteiger partial charge in [-0.1, -0.05) is 24.3 Å². The highest BCUT2D eigenvalue weighted by molar-refractivity contribution is 6.05. The van der Waals surface area contributed by atoms with E-state index in [1.807, 2.05) is 41.1 Å². The summed E-state index contributed by atoms with van der Waals surface area (Å²) in [4.78, 5) is 13.2. The number of aryl methyl sites for hydroxylation is 1. The molecule has 1 saturated heterocycles. The lowest BCUT2D eigenvalue weighted by molar-refractivity contribution is 0.102. The molecule has 0 saturated carbocycles. The van der Waals surface area contributed by atoms with Gasteiger partial charge >= 0.3 is 0 Å². The van der Waals surface area contributed by atoms with E-state index in [4.69, 9.17) is 4.74 Å². The molecule has 2 aromatic carbocycles. The first-order chi connectivity index (χ1) is 14.2. The summed E-state index contributed by atoms with van der Waals surface area (Å²) >= 11 is 0. The van der Waals surface area contributed by atoms with Gasteiger partial charge < -0.3 is 15.4 Å². The summed E-state index contributed by atoms with van der Waals surface area (Å²) in [6.07, 6.45) is 3.64. The molecule has 1 aromatic heterocycles. The minimum absolute atomic E-state index is 0.165. The maximum atomic E-state index is 13.2. The Bertz CT molecular complexity index is 1010. The van der Waals surface area contributed by atoms with E-state index in [1.165, 1.54) is 0 Å². The first kappa shape index (κ1) is 19.2. The van der Waals surface area contributed by atoms with Crippen LogP contribution in [0.2, 0.25) is 0 Å². The normalized spacial score (nSPS) is 14.6. The fourth-order valence-electron chi connectivity index (χ4n) is 3.92. The van der Waals surface area contributed by atoms with Crippen molar-refractivity contribution in [3.8, 4) is 11.4 Å². The predicted molar refractivity (Wildman–Crippen MR) is 114 cm³/mol. The SMILES string of the molecule is COc1ccccc1NC(=O)c1cnn(-c2cccc(C)c2)c1C1CCNCC1. The zero-order valence-electron chi connectivity index (χ0n) is 16.8. The van der Waals surface area contributed by atoms with E-state index in [-0.39, 0.29) is 11.8 Å². The Morgan fingerprint density at radius 3 is 2.72 bits per heavy atom. The molecule has 6 nitrogen and oxygen atoms in total. The summed E-state index contributed by atoms with van der Waals surface area (Å²) in [5.41, 5.74) is 4.39. The second-order valence-corrected chi connectivity index (χ2v) is 7.37. The number of rotatable bonds is 5. The van der Waals surface area contributed by atoms with Crippen LogP contribution in [0.4, 0.5) is 5.69 Å². The molecule has 1 aliphatic heterocycles. The Labute approximate surface area is 170 Å². The summed E-state index contributed by atoms with van der Waals surface area (Å²) in [6, 6.07) is 15.6. The first-order valence-electron chi connectivity index (χ1n) is 9.97. The van der Waals surface area contributed by atoms with Crippen LogP contribution < -0.4 is 15.4 Å². The summed E-state index contributed by atoms with van der Waals surface area (Å²) in [5.74, 6) is 0.745. The number of hydrogen-bond donors (Lipinski definition) is 2. The first-order valence-corrected chi connectivity index (χ1v) is 9.97. The molecule has 1 fully saturated rings. The van der Waals surface area contributed by atoms with E-state index < -0.39 is 0 Å². The van der Waals surface area contributed by atoms with Crippen LogP contribution in [0, 0.1) is 6.92 Å². The predicted octanol–water partition coefficient (Wildman–Crippen LogP) is 3.91. The number of carbonyl (C=O) groups excluding carboxylic acids is 1. The number of nitrogens with zero attached hydrogens (tertiary/aromatic N) is 2. The smallest absolute Gasteiger partial charge is 0.259 e. The molecule has 2 N–H and O–H groups in total. The molecule has 150 valence electrons. The van der Waals surface area contributed by atoms with Crippen LogP contribution in [-0.2, 0) is 0 Å². The number of methoxy groups -OCH3 is 1. The largest absolute Gasteiger partial charge is 0.495 e. The maximum Gasteiger partial charge on any atom is 0.259 e. The molecule has 0 aliphatic carbocycles. The van der Waals surface area contributed by atoms with Gasteiger partial charge in [0.05, 0.1) is 35.9 Å². The van der Waals surface area contributed by atoms with Crippen molar-refractivity contribution in [2.75, 3.05) is 25.5 Å². The topological polar surface area (TPSA) is 68.2 Å². The number of para-hydroxylation sites is 2. The molecule has 1 aliphatic rings. The van der Waals surface area contributed by atoms with Crippen molar-refractivity contribution in [3.05, 3.63) is 71.5 Å². The van der Waals surface area contributed by atoms with Crippen molar-refractivity contribution in [2.24, 2.45) is 0 Å². The molecule has 4 rings (SSSR count). The summed E-state index contributed by atoms with van der Waals surface area (Å²) in [7, 11) is 1.60. The number of amides is 1. The number of ether oxygens (including phenoxy) is 1. The third kappa shape index (κ3) is 4.03. The lowest BCUT2D eigenvalue weighted by Crippen LogP contribution is -2.29. The number of hydrogen-bond acceptors (Lipinski definition) is 4. The van der Waals surface area contributed by atoms with Crippen LogP contribution >= 0.6 is 0 Å². The number of piperidine rings is 1. The molecular weight excluding hydrogens is 364 g/mol. The Morgan fingerprint density at radius 1 is 1.17 bits per heavy atom. The fraction of sp³-hybridized carbons (Fsp3) is 0.304. The van der Waals surface area contributed by atoms with E-state index in [9.17, 15) is 4.79 Å². The van der Waals surface area contributed by atoms with Gasteiger partial charge in [0.2, 0.25) is 0 Å². The van der Waals surface area contributed by atoms with Crippen molar-refractivity contribution >= 4 is 11.6 Å². The lowest BCUT2D eigenvalue weighted by atomic mass is 9.91. The van der Waals surface area contributed by atoms with E-state index in [1.54, 1.807) is 13.3 Å². The monoisotopic (exact) mass is 390 g/mol. The number of anilines is 1. The second-order valence-electron chi connectivity index (χ2n) is 7.37. The Kier molecular flexibility index (Phi) is 5.62. The molecule has 29 heavy (non-hydrogen) atoms. The third-order valence-corrected chi connectivity index (χ3v) is 5.38. The molecule has 2 heterocycles. The van der Waals surface area contributed by atoms with Gasteiger partial charge in [0.25, 0.3) is 5.91 Å². The quantitative estimate of drug-likeness (QED) is 0.693. The van der Waals surface area contributed by atoms with Gasteiger partial charge in [-0.3, -0.25) is 4.79 Å². The maximum absolute atomic E-state index is 13.2. The zero-order valence-corrected chi connectivity index (χ0v) is 16.8. The van der Waals surface area contributed by atoms with Gasteiger partial charge in [0.15, 0.2) is 0 Å². The van der Waals surface area contributed by atoms with Crippen LogP contribution in [0.15, 0.2) is 54.7 Å². The van der Waals surface area contributed by atoms with Crippen molar-refractivity contribution in [2.45, 2.75) is 25.7 Å². The molecule has 3 aromatic rings. The molecule has 0 spiro atoms. The van der Waals surface area contributed by atoms with Crippen LogP contribution in [0.3, 0.4) is 0 Å². The average molecular weight is 390 g/mol. The minimum Gasteiger partial charge on any atom is -0.495 e. The highest BCUT2D eigenvalue weighted by atomic mass is 16.5. The average Bonchev–Trinajstić information content (AvgIpc) is 3.20. The van der Waals surface area contributed by atoms with Crippen molar-refractivity contribution in [3.63, 3.8) is 0 Å². The van der Waals surface area contributed by atoms with Crippen LogP contribution in [0.25, 0.3) is 5.69 Å². The fourth-order valence-corrected chi connectivity index (χ4v) is 3.92. The minimum atomic E-state index is -0.165. The third-order valence-electron chi connectivity index (χ3n) is 5.38. The van der Waals surface area contributed by atoms with Gasteiger partial charge in [0.1, 0.15) is 5.75 Å². The number of aromatic nitrogens is 2. The van der Waals surface area contributed by atoms with Gasteiger partial charge in [-0.2, -0.15) is 5.10 Å². The zero-order chi connectivity index (χ0) is 20.2. The molecular formula is C23H26N4O2. The number of carbonyl (C=O) groups is 1. The highest BCUT2D eigenvalue weighted by Gasteiger charge is 2.27. The van der Waals surface area contributed by atoms with Crippen molar-refractivity contribution in [1.82, 2.24) is 15.1 Å². The van der Waals surface area contributed by atoms with Crippen LogP contribution in [0.1, 0.15) is 40.4 Å². The lowest BCUT2D eigenvalue weighted by Gasteiger charge is -2.25. The Balaban J connectivity index is 1.73. The molecule has 0 radical (unpaired) electrons. The standard InChI is InChI=1S/C23H26N4O2/c1-16-6-5-7-18(14-16)27-22(17-10-12-24-13-11-17)19(15-25-27)23(28)26-20-8-3-4-9-21(20)29-2/h3-9,14-15,17,24H,10-13H2,1-2H3,(H,26,28). The van der Waals surface area contributed by atoms with E-state index in [0.717, 1.165) is 42.9 Å². The molecule has 0 unspecified atom stereocenters. The summed E-state index contributed by atoms with van der Waals surface area (Å²) in [5, 5.41) is 11.0. The summed E-state index contributed by atoms with van der Waals surface area (Å²) < 4.78 is 7.30. The number of benzene rings is 2. The number of nitrogens with one attached hydrogen (secondary N) is 2. The van der Waals surface area contributed by atoms with Crippen LogP contribution in [0.5, 0.6) is 5.75 Å².